The molecule has 0 atom stereocenters. The molecule has 0 radical (unpaired) electrons. The van der Waals surface area contributed by atoms with Crippen LogP contribution in [0.1, 0.15) is 70.4 Å². The molecule has 1 N–H and O–H groups in total. The summed E-state index contributed by atoms with van der Waals surface area (Å²) in [5.74, 6) is 0.999. The fourth-order valence-electron chi connectivity index (χ4n) is 5.09. The van der Waals surface area contributed by atoms with Gasteiger partial charge in [0.1, 0.15) is 0 Å². The number of benzene rings is 1. The summed E-state index contributed by atoms with van der Waals surface area (Å²) in [4.78, 5) is 14.4. The van der Waals surface area contributed by atoms with E-state index in [4.69, 9.17) is 0 Å². The number of amides is 1. The van der Waals surface area contributed by atoms with Crippen molar-refractivity contribution in [1.82, 2.24) is 4.90 Å². The third-order valence-corrected chi connectivity index (χ3v) is 6.69. The highest BCUT2D eigenvalue weighted by molar-refractivity contribution is 5.81. The van der Waals surface area contributed by atoms with E-state index in [1.54, 1.807) is 0 Å². The van der Waals surface area contributed by atoms with Gasteiger partial charge in [-0.05, 0) is 55.1 Å². The van der Waals surface area contributed by atoms with Crippen molar-refractivity contribution in [3.63, 3.8) is 0 Å². The minimum atomic E-state index is -0.607. The lowest BCUT2D eigenvalue weighted by Crippen LogP contribution is -2.65. The minimum absolute atomic E-state index is 0.0631. The second kappa shape index (κ2) is 5.33. The summed E-state index contributed by atoms with van der Waals surface area (Å²) in [6, 6.07) is 9.16. The summed E-state index contributed by atoms with van der Waals surface area (Å²) in [5, 5.41) is 9.82. The first-order valence-corrected chi connectivity index (χ1v) is 9.69. The van der Waals surface area contributed by atoms with E-state index in [-0.39, 0.29) is 17.2 Å². The van der Waals surface area contributed by atoms with Gasteiger partial charge in [0.15, 0.2) is 0 Å². The average Bonchev–Trinajstić information content (AvgIpc) is 2.41. The Hall–Kier alpha value is -1.35. The van der Waals surface area contributed by atoms with Gasteiger partial charge < -0.3 is 10.0 Å². The molecule has 3 nitrogen and oxygen atoms in total. The SMILES string of the molecule is CC(C)(C)c1ccc(C2CC3(C2)CN(C(=O)[C@H]2C[C@@](C)(O)C2)C3)cc1. The molecule has 1 aromatic carbocycles. The maximum Gasteiger partial charge on any atom is 0.225 e. The number of hydrogen-bond donors (Lipinski definition) is 1. The highest BCUT2D eigenvalue weighted by Crippen LogP contribution is 2.56. The first-order valence-electron chi connectivity index (χ1n) is 9.69. The summed E-state index contributed by atoms with van der Waals surface area (Å²) < 4.78 is 0. The molecular formula is C22H31NO2. The van der Waals surface area contributed by atoms with Crippen LogP contribution in [0, 0.1) is 11.3 Å². The van der Waals surface area contributed by atoms with Crippen LogP contribution < -0.4 is 0 Å². The number of carbonyl (C=O) groups excluding carboxylic acids is 1. The lowest BCUT2D eigenvalue weighted by Gasteiger charge is -2.60. The van der Waals surface area contributed by atoms with Crippen molar-refractivity contribution in [2.45, 2.75) is 70.3 Å². The number of nitrogens with zero attached hydrogens (tertiary/aromatic N) is 1. The third-order valence-electron chi connectivity index (χ3n) is 6.69. The third kappa shape index (κ3) is 3.01. The zero-order chi connectivity index (χ0) is 18.0. The summed E-state index contributed by atoms with van der Waals surface area (Å²) in [6.07, 6.45) is 3.71. The molecule has 4 rings (SSSR count). The normalized spacial score (nSPS) is 31.2. The Morgan fingerprint density at radius 3 is 2.12 bits per heavy atom. The van der Waals surface area contributed by atoms with Crippen molar-refractivity contribution in [3.05, 3.63) is 35.4 Å². The summed E-state index contributed by atoms with van der Waals surface area (Å²) in [5.41, 5.74) is 2.83. The van der Waals surface area contributed by atoms with Crippen LogP contribution >= 0.6 is 0 Å². The Bertz CT molecular complexity index is 661. The molecule has 1 spiro atoms. The summed E-state index contributed by atoms with van der Waals surface area (Å²) in [6.45, 7) is 10.4. The highest BCUT2D eigenvalue weighted by Gasteiger charge is 2.55. The lowest BCUT2D eigenvalue weighted by molar-refractivity contribution is -0.168. The molecule has 1 saturated heterocycles. The van der Waals surface area contributed by atoms with Crippen LogP contribution in [0.15, 0.2) is 24.3 Å². The van der Waals surface area contributed by atoms with E-state index in [1.807, 2.05) is 11.8 Å². The van der Waals surface area contributed by atoms with Crippen molar-refractivity contribution < 1.29 is 9.90 Å². The molecule has 136 valence electrons. The van der Waals surface area contributed by atoms with Crippen LogP contribution in [0.3, 0.4) is 0 Å². The van der Waals surface area contributed by atoms with Gasteiger partial charge in [0, 0.05) is 24.4 Å². The maximum absolute atomic E-state index is 12.4. The number of hydrogen-bond acceptors (Lipinski definition) is 2. The standard InChI is InChI=1S/C22H31NO2/c1-20(2,3)18-7-5-15(6-8-18)16-11-22(12-16)13-23(14-22)19(24)17-9-21(4,25)10-17/h5-8,16-17,25H,9-14H2,1-4H3/t17-,21+. The number of aliphatic hydroxyl groups is 1. The first kappa shape index (κ1) is 17.1. The Morgan fingerprint density at radius 1 is 1.08 bits per heavy atom. The first-order chi connectivity index (χ1) is 11.6. The van der Waals surface area contributed by atoms with E-state index in [0.29, 0.717) is 24.2 Å². The zero-order valence-electron chi connectivity index (χ0n) is 16.0. The van der Waals surface area contributed by atoms with Gasteiger partial charge in [-0.25, -0.2) is 0 Å². The van der Waals surface area contributed by atoms with Gasteiger partial charge in [-0.15, -0.1) is 0 Å². The van der Waals surface area contributed by atoms with Gasteiger partial charge in [-0.2, -0.15) is 0 Å². The van der Waals surface area contributed by atoms with Crippen molar-refractivity contribution >= 4 is 5.91 Å². The van der Waals surface area contributed by atoms with E-state index in [1.165, 1.54) is 24.0 Å². The average molecular weight is 341 g/mol. The predicted octanol–water partition coefficient (Wildman–Crippen LogP) is 3.85. The fraction of sp³-hybridized carbons (Fsp3) is 0.682. The van der Waals surface area contributed by atoms with E-state index in [9.17, 15) is 9.90 Å². The van der Waals surface area contributed by atoms with Crippen LogP contribution in [0.5, 0.6) is 0 Å². The Balaban J connectivity index is 1.28. The van der Waals surface area contributed by atoms with E-state index in [0.717, 1.165) is 13.1 Å². The monoisotopic (exact) mass is 341 g/mol. The van der Waals surface area contributed by atoms with Crippen molar-refractivity contribution in [1.29, 1.82) is 0 Å². The molecule has 25 heavy (non-hydrogen) atoms. The molecule has 1 heterocycles. The summed E-state index contributed by atoms with van der Waals surface area (Å²) in [7, 11) is 0. The van der Waals surface area contributed by atoms with Crippen molar-refractivity contribution in [3.8, 4) is 0 Å². The van der Waals surface area contributed by atoms with E-state index < -0.39 is 5.60 Å². The van der Waals surface area contributed by atoms with Crippen LogP contribution in [0.4, 0.5) is 0 Å². The van der Waals surface area contributed by atoms with Crippen LogP contribution in [-0.2, 0) is 10.2 Å². The molecule has 0 aromatic heterocycles. The van der Waals surface area contributed by atoms with Gasteiger partial charge in [-0.3, -0.25) is 4.79 Å². The highest BCUT2D eigenvalue weighted by atomic mass is 16.3. The molecule has 2 aliphatic carbocycles. The van der Waals surface area contributed by atoms with Crippen LogP contribution in [-0.4, -0.2) is 34.6 Å². The number of carbonyl (C=O) groups is 1. The van der Waals surface area contributed by atoms with Crippen LogP contribution in [0.25, 0.3) is 0 Å². The second-order valence-electron chi connectivity index (χ2n) is 10.3. The maximum atomic E-state index is 12.4. The van der Waals surface area contributed by atoms with Crippen molar-refractivity contribution in [2.24, 2.45) is 11.3 Å². The quantitative estimate of drug-likeness (QED) is 0.887. The zero-order valence-corrected chi connectivity index (χ0v) is 16.0. The van der Waals surface area contributed by atoms with Gasteiger partial charge in [0.2, 0.25) is 5.91 Å². The lowest BCUT2D eigenvalue weighted by atomic mass is 9.55. The molecule has 0 unspecified atom stereocenters. The Morgan fingerprint density at radius 2 is 1.64 bits per heavy atom. The molecule has 1 amide bonds. The van der Waals surface area contributed by atoms with Gasteiger partial charge in [-0.1, -0.05) is 45.0 Å². The topological polar surface area (TPSA) is 40.5 Å². The van der Waals surface area contributed by atoms with Gasteiger partial charge >= 0.3 is 0 Å². The summed E-state index contributed by atoms with van der Waals surface area (Å²) >= 11 is 0. The smallest absolute Gasteiger partial charge is 0.225 e. The predicted molar refractivity (Wildman–Crippen MR) is 99.5 cm³/mol. The van der Waals surface area contributed by atoms with Gasteiger partial charge in [0.25, 0.3) is 0 Å². The number of rotatable bonds is 2. The molecule has 1 aromatic rings. The molecule has 0 bridgehead atoms. The van der Waals surface area contributed by atoms with E-state index in [2.05, 4.69) is 45.0 Å². The molecule has 3 aliphatic rings. The molecular weight excluding hydrogens is 310 g/mol. The van der Waals surface area contributed by atoms with Crippen LogP contribution in [0.2, 0.25) is 0 Å². The fourth-order valence-corrected chi connectivity index (χ4v) is 5.09. The largest absolute Gasteiger partial charge is 0.390 e. The molecule has 1 aliphatic heterocycles. The van der Waals surface area contributed by atoms with Gasteiger partial charge in [0.05, 0.1) is 5.60 Å². The molecule has 2 saturated carbocycles. The Kier molecular flexibility index (Phi) is 3.64. The second-order valence-corrected chi connectivity index (χ2v) is 10.3. The minimum Gasteiger partial charge on any atom is -0.390 e. The van der Waals surface area contributed by atoms with E-state index >= 15 is 0 Å². The number of likely N-dealkylation sites (tertiary alicyclic amines) is 1. The molecule has 3 heteroatoms. The molecule has 3 fully saturated rings. The van der Waals surface area contributed by atoms with Crippen molar-refractivity contribution in [2.75, 3.05) is 13.1 Å². The Labute approximate surface area is 151 Å².